The van der Waals surface area contributed by atoms with Crippen molar-refractivity contribution in [2.24, 2.45) is 5.92 Å². The van der Waals surface area contributed by atoms with Gasteiger partial charge >= 0.3 is 0 Å². The second kappa shape index (κ2) is 14.5. The third kappa shape index (κ3) is 10.7. The van der Waals surface area contributed by atoms with E-state index in [9.17, 15) is 0 Å². The molecule has 1 aromatic carbocycles. The molecular weight excluding hydrogens is 447 g/mol. The molecule has 0 aliphatic heterocycles. The van der Waals surface area contributed by atoms with Gasteiger partial charge in [-0.25, -0.2) is 5.57 Å². The van der Waals surface area contributed by atoms with Gasteiger partial charge in [0.05, 0.1) is 8.80 Å². The van der Waals surface area contributed by atoms with Crippen LogP contribution in [0.1, 0.15) is 59.6 Å². The van der Waals surface area contributed by atoms with Gasteiger partial charge in [-0.15, -0.1) is 44.1 Å². The van der Waals surface area contributed by atoms with E-state index >= 15 is 0 Å². The number of aryl methyl sites for hydroxylation is 2. The van der Waals surface area contributed by atoms with E-state index in [1.165, 1.54) is 27.8 Å². The van der Waals surface area contributed by atoms with Gasteiger partial charge in [0.1, 0.15) is 0 Å². The van der Waals surface area contributed by atoms with Crippen LogP contribution in [0.5, 0.6) is 0 Å². The largest absolute Gasteiger partial charge is 0.266 e. The van der Waals surface area contributed by atoms with E-state index in [4.69, 9.17) is 0 Å². The van der Waals surface area contributed by atoms with Crippen LogP contribution in [-0.4, -0.2) is 8.80 Å². The molecule has 1 unspecified atom stereocenters. The summed E-state index contributed by atoms with van der Waals surface area (Å²) in [6, 6.07) is 6.96. The predicted octanol–water partition coefficient (Wildman–Crippen LogP) is 7.42. The van der Waals surface area contributed by atoms with E-state index in [1.807, 2.05) is 0 Å². The van der Waals surface area contributed by atoms with Gasteiger partial charge in [0, 0.05) is 21.7 Å². The first-order chi connectivity index (χ1) is 10.4. The zero-order chi connectivity index (χ0) is 17.9. The van der Waals surface area contributed by atoms with Crippen molar-refractivity contribution < 1.29 is 21.7 Å². The SMILES string of the molecule is CC1=[C-]C(C)C(C)=C1C.Cc1cc(C)cc([Si](C)C(C)(C)C)c1.Cl.Cl.Cl.[Ti]. The summed E-state index contributed by atoms with van der Waals surface area (Å²) < 4.78 is 0. The van der Waals surface area contributed by atoms with Crippen molar-refractivity contribution in [3.05, 3.63) is 52.1 Å². The summed E-state index contributed by atoms with van der Waals surface area (Å²) in [5.41, 5.74) is 7.04. The summed E-state index contributed by atoms with van der Waals surface area (Å²) in [6.07, 6.45) is 3.36. The second-order valence-electron chi connectivity index (χ2n) is 8.05. The van der Waals surface area contributed by atoms with Crippen LogP contribution in [0, 0.1) is 25.8 Å². The standard InChI is InChI=1S/C13H21Si.C9H13.3ClH.Ti/c1-10-7-11(2)9-12(8-10)14(6)13(3,4)5;1-6-5-7(2)9(4)8(6)3;;;;/h7-9H,1-6H3;6H,1-4H3;3*1H;/q;-1;;;;. The fourth-order valence-electron chi connectivity index (χ4n) is 2.79. The first kappa shape index (κ1) is 35.0. The molecular formula is C22H37Cl3SiTi-. The molecule has 1 aromatic rings. The molecule has 0 N–H and O–H groups in total. The Balaban J connectivity index is -0.000000181. The van der Waals surface area contributed by atoms with Crippen molar-refractivity contribution in [3.8, 4) is 0 Å². The van der Waals surface area contributed by atoms with Crippen molar-refractivity contribution >= 4 is 51.2 Å². The van der Waals surface area contributed by atoms with Gasteiger partial charge in [-0.1, -0.05) is 88.5 Å². The van der Waals surface area contributed by atoms with Gasteiger partial charge in [-0.2, -0.15) is 11.1 Å². The van der Waals surface area contributed by atoms with Crippen LogP contribution in [0.4, 0.5) is 0 Å². The number of rotatable bonds is 1. The minimum Gasteiger partial charge on any atom is -0.266 e. The van der Waals surface area contributed by atoms with E-state index in [-0.39, 0.29) is 58.9 Å². The molecule has 0 fully saturated rings. The summed E-state index contributed by atoms with van der Waals surface area (Å²) >= 11 is 0. The number of benzene rings is 1. The van der Waals surface area contributed by atoms with Gasteiger partial charge in [0.2, 0.25) is 0 Å². The topological polar surface area (TPSA) is 0 Å². The zero-order valence-corrected chi connectivity index (χ0v) is 23.5. The van der Waals surface area contributed by atoms with E-state index in [0.29, 0.717) is 11.0 Å². The summed E-state index contributed by atoms with van der Waals surface area (Å²) in [4.78, 5) is 0. The molecule has 0 bridgehead atoms. The van der Waals surface area contributed by atoms with Crippen molar-refractivity contribution in [3.63, 3.8) is 0 Å². The molecule has 0 aromatic heterocycles. The van der Waals surface area contributed by atoms with Gasteiger partial charge < -0.3 is 0 Å². The fraction of sp³-hybridized carbons (Fsp3) is 0.545. The maximum absolute atomic E-state index is 3.36. The Morgan fingerprint density at radius 3 is 1.48 bits per heavy atom. The molecule has 27 heavy (non-hydrogen) atoms. The maximum atomic E-state index is 3.36. The minimum absolute atomic E-state index is 0. The first-order valence-corrected chi connectivity index (χ1v) is 10.6. The average molecular weight is 484 g/mol. The van der Waals surface area contributed by atoms with Gasteiger partial charge in [0.25, 0.3) is 0 Å². The third-order valence-electron chi connectivity index (χ3n) is 5.02. The van der Waals surface area contributed by atoms with Crippen LogP contribution in [0.3, 0.4) is 0 Å². The Morgan fingerprint density at radius 1 is 0.852 bits per heavy atom. The van der Waals surface area contributed by atoms with E-state index in [0.717, 1.165) is 0 Å². The summed E-state index contributed by atoms with van der Waals surface area (Å²) in [6.45, 7) is 22.5. The van der Waals surface area contributed by atoms with Crippen LogP contribution in [-0.2, 0) is 21.7 Å². The van der Waals surface area contributed by atoms with Crippen LogP contribution >= 0.6 is 37.2 Å². The monoisotopic (exact) mass is 482 g/mol. The van der Waals surface area contributed by atoms with Crippen molar-refractivity contribution in [1.82, 2.24) is 0 Å². The molecule has 0 nitrogen and oxygen atoms in total. The fourth-order valence-corrected chi connectivity index (χ4v) is 4.54. The smallest absolute Gasteiger partial charge is 0.0880 e. The molecule has 0 amide bonds. The Labute approximate surface area is 203 Å². The van der Waals surface area contributed by atoms with Crippen LogP contribution in [0.2, 0.25) is 11.6 Å². The quantitative estimate of drug-likeness (QED) is 0.288. The maximum Gasteiger partial charge on any atom is 0.0880 e. The molecule has 2 rings (SSSR count). The minimum atomic E-state index is -0.427. The number of hydrogen-bond acceptors (Lipinski definition) is 0. The summed E-state index contributed by atoms with van der Waals surface area (Å²) in [5.74, 6) is 0.560. The van der Waals surface area contributed by atoms with Crippen LogP contribution < -0.4 is 5.19 Å². The molecule has 155 valence electrons. The molecule has 1 aliphatic carbocycles. The molecule has 5 heteroatoms. The van der Waals surface area contributed by atoms with E-state index < -0.39 is 8.80 Å². The van der Waals surface area contributed by atoms with Crippen molar-refractivity contribution in [1.29, 1.82) is 0 Å². The van der Waals surface area contributed by atoms with E-state index in [2.05, 4.69) is 93.1 Å². The Hall–Kier alpha value is 0.501. The van der Waals surface area contributed by atoms with Gasteiger partial charge in [-0.3, -0.25) is 6.08 Å². The molecule has 1 radical (unpaired) electrons. The molecule has 0 spiro atoms. The Bertz CT molecular complexity index is 611. The van der Waals surface area contributed by atoms with Crippen LogP contribution in [0.15, 0.2) is 34.9 Å². The first-order valence-electron chi connectivity index (χ1n) is 8.64. The summed E-state index contributed by atoms with van der Waals surface area (Å²) in [7, 11) is -0.427. The summed E-state index contributed by atoms with van der Waals surface area (Å²) in [5, 5.41) is 2.02. The average Bonchev–Trinajstić information content (AvgIpc) is 2.63. The van der Waals surface area contributed by atoms with Crippen LogP contribution in [0.25, 0.3) is 0 Å². The van der Waals surface area contributed by atoms with Crippen molar-refractivity contribution in [2.45, 2.75) is 73.9 Å². The van der Waals surface area contributed by atoms with Gasteiger partial charge in [-0.05, 0) is 18.9 Å². The second-order valence-corrected chi connectivity index (χ2v) is 11.4. The number of allylic oxidation sites excluding steroid dienone is 4. The van der Waals surface area contributed by atoms with Crippen molar-refractivity contribution in [2.75, 3.05) is 0 Å². The van der Waals surface area contributed by atoms with E-state index in [1.54, 1.807) is 5.19 Å². The number of halogens is 3. The molecule has 0 saturated carbocycles. The molecule has 0 saturated heterocycles. The van der Waals surface area contributed by atoms with Gasteiger partial charge in [0.15, 0.2) is 0 Å². The third-order valence-corrected chi connectivity index (χ3v) is 8.42. The predicted molar refractivity (Wildman–Crippen MR) is 129 cm³/mol. The normalized spacial score (nSPS) is 15.4. The Kier molecular flexibility index (Phi) is 18.8. The number of hydrogen-bond donors (Lipinski definition) is 0. The molecule has 1 aliphatic rings. The zero-order valence-electron chi connectivity index (χ0n) is 18.5. The molecule has 0 heterocycles. The Morgan fingerprint density at radius 2 is 1.26 bits per heavy atom. The molecule has 1 atom stereocenters.